The smallest absolute Gasteiger partial charge is 0.387 e. The summed E-state index contributed by atoms with van der Waals surface area (Å²) in [6, 6.07) is 11.0. The lowest BCUT2D eigenvalue weighted by Gasteiger charge is -2.13. The van der Waals surface area contributed by atoms with Crippen molar-refractivity contribution < 1.29 is 18.3 Å². The van der Waals surface area contributed by atoms with Gasteiger partial charge in [-0.05, 0) is 30.7 Å². The van der Waals surface area contributed by atoms with Gasteiger partial charge in [-0.2, -0.15) is 8.78 Å². The molecule has 1 amide bonds. The number of para-hydroxylation sites is 2. The number of nitrogen functional groups attached to an aromatic ring is 1. The molecule has 0 radical (unpaired) electrons. The predicted molar refractivity (Wildman–Crippen MR) is 76.6 cm³/mol. The van der Waals surface area contributed by atoms with Gasteiger partial charge in [0.1, 0.15) is 5.75 Å². The van der Waals surface area contributed by atoms with E-state index in [4.69, 9.17) is 5.73 Å². The molecule has 21 heavy (non-hydrogen) atoms. The number of aryl methyl sites for hydroxylation is 1. The Morgan fingerprint density at radius 3 is 2.57 bits per heavy atom. The van der Waals surface area contributed by atoms with Crippen LogP contribution in [0, 0.1) is 6.92 Å². The lowest BCUT2D eigenvalue weighted by Crippen LogP contribution is -2.16. The molecule has 3 N–H and O–H groups in total. The van der Waals surface area contributed by atoms with Crippen LogP contribution < -0.4 is 15.8 Å². The zero-order chi connectivity index (χ0) is 15.4. The number of carbonyl (C=O) groups excluding carboxylic acids is 1. The van der Waals surface area contributed by atoms with Crippen molar-refractivity contribution in [1.29, 1.82) is 0 Å². The minimum atomic E-state index is -2.97. The molecule has 2 rings (SSSR count). The second kappa shape index (κ2) is 6.21. The number of alkyl halides is 2. The molecule has 0 saturated heterocycles. The van der Waals surface area contributed by atoms with Gasteiger partial charge >= 0.3 is 6.61 Å². The van der Waals surface area contributed by atoms with Crippen LogP contribution in [0.2, 0.25) is 0 Å². The minimum absolute atomic E-state index is 0.104. The van der Waals surface area contributed by atoms with Gasteiger partial charge in [-0.3, -0.25) is 4.79 Å². The van der Waals surface area contributed by atoms with Crippen LogP contribution in [0.5, 0.6) is 5.75 Å². The number of hydrogen-bond acceptors (Lipinski definition) is 3. The van der Waals surface area contributed by atoms with Crippen LogP contribution in [0.1, 0.15) is 15.9 Å². The summed E-state index contributed by atoms with van der Waals surface area (Å²) in [6.45, 7) is -1.22. The van der Waals surface area contributed by atoms with E-state index in [0.29, 0.717) is 16.8 Å². The summed E-state index contributed by atoms with van der Waals surface area (Å²) in [5.74, 6) is -0.580. The largest absolute Gasteiger partial charge is 0.433 e. The Morgan fingerprint density at radius 2 is 1.90 bits per heavy atom. The van der Waals surface area contributed by atoms with Gasteiger partial charge in [0.2, 0.25) is 0 Å². The van der Waals surface area contributed by atoms with E-state index in [-0.39, 0.29) is 11.4 Å². The Morgan fingerprint density at radius 1 is 1.19 bits per heavy atom. The predicted octanol–water partition coefficient (Wildman–Crippen LogP) is 3.43. The molecule has 0 aliphatic rings. The Bertz CT molecular complexity index is 640. The summed E-state index contributed by atoms with van der Waals surface area (Å²) in [5, 5.41) is 2.54. The zero-order valence-electron chi connectivity index (χ0n) is 11.3. The Hall–Kier alpha value is -2.63. The number of rotatable bonds is 4. The number of benzene rings is 2. The van der Waals surface area contributed by atoms with Gasteiger partial charge in [0.05, 0.1) is 11.3 Å². The van der Waals surface area contributed by atoms with Gasteiger partial charge in [-0.25, -0.2) is 0 Å². The van der Waals surface area contributed by atoms with Crippen molar-refractivity contribution in [2.45, 2.75) is 13.5 Å². The summed E-state index contributed by atoms with van der Waals surface area (Å²) in [4.78, 5) is 12.3. The lowest BCUT2D eigenvalue weighted by molar-refractivity contribution is -0.0493. The normalized spacial score (nSPS) is 10.5. The van der Waals surface area contributed by atoms with E-state index in [1.165, 1.54) is 18.2 Å². The third-order valence-electron chi connectivity index (χ3n) is 2.88. The highest BCUT2D eigenvalue weighted by atomic mass is 19.3. The average molecular weight is 292 g/mol. The van der Waals surface area contributed by atoms with Crippen molar-refractivity contribution in [2.75, 3.05) is 11.1 Å². The monoisotopic (exact) mass is 292 g/mol. The van der Waals surface area contributed by atoms with Crippen molar-refractivity contribution in [3.05, 3.63) is 53.6 Å². The Kier molecular flexibility index (Phi) is 4.37. The van der Waals surface area contributed by atoms with E-state index >= 15 is 0 Å². The molecule has 0 atom stereocenters. The van der Waals surface area contributed by atoms with Crippen molar-refractivity contribution in [3.63, 3.8) is 0 Å². The SMILES string of the molecule is Cc1cccc(N)c1C(=O)Nc1ccccc1OC(F)F. The first-order valence-electron chi connectivity index (χ1n) is 6.19. The van der Waals surface area contributed by atoms with Gasteiger partial charge in [0.15, 0.2) is 0 Å². The first-order valence-corrected chi connectivity index (χ1v) is 6.19. The van der Waals surface area contributed by atoms with Crippen LogP contribution in [0.4, 0.5) is 20.2 Å². The standard InChI is InChI=1S/C15H14F2N2O2/c1-9-5-4-6-10(18)13(9)14(20)19-11-7-2-3-8-12(11)21-15(16)17/h2-8,15H,18H2,1H3,(H,19,20). The summed E-state index contributed by atoms with van der Waals surface area (Å²) in [6.07, 6.45) is 0. The Balaban J connectivity index is 2.28. The fraction of sp³-hybridized carbons (Fsp3) is 0.133. The maximum absolute atomic E-state index is 12.3. The second-order valence-electron chi connectivity index (χ2n) is 4.37. The summed E-state index contributed by atoms with van der Waals surface area (Å²) < 4.78 is 29.0. The molecule has 0 fully saturated rings. The molecular formula is C15H14F2N2O2. The summed E-state index contributed by atoms with van der Waals surface area (Å²) in [5.41, 5.74) is 7.26. The average Bonchev–Trinajstić information content (AvgIpc) is 2.40. The van der Waals surface area contributed by atoms with Gasteiger partial charge in [0.25, 0.3) is 5.91 Å². The van der Waals surface area contributed by atoms with Gasteiger partial charge < -0.3 is 15.8 Å². The van der Waals surface area contributed by atoms with E-state index < -0.39 is 12.5 Å². The molecule has 0 aromatic heterocycles. The van der Waals surface area contributed by atoms with Crippen LogP contribution in [0.25, 0.3) is 0 Å². The van der Waals surface area contributed by atoms with Crippen LogP contribution in [-0.2, 0) is 0 Å². The number of ether oxygens (including phenoxy) is 1. The Labute approximate surface area is 120 Å². The molecule has 2 aromatic carbocycles. The summed E-state index contributed by atoms with van der Waals surface area (Å²) in [7, 11) is 0. The maximum Gasteiger partial charge on any atom is 0.387 e. The number of nitrogens with one attached hydrogen (secondary N) is 1. The fourth-order valence-electron chi connectivity index (χ4n) is 1.95. The van der Waals surface area contributed by atoms with Gasteiger partial charge in [-0.15, -0.1) is 0 Å². The fourth-order valence-corrected chi connectivity index (χ4v) is 1.95. The molecule has 0 aliphatic heterocycles. The number of hydrogen-bond donors (Lipinski definition) is 2. The molecule has 0 heterocycles. The molecule has 4 nitrogen and oxygen atoms in total. The number of anilines is 2. The molecule has 110 valence electrons. The third kappa shape index (κ3) is 3.47. The van der Waals surface area contributed by atoms with E-state index in [1.54, 1.807) is 31.2 Å². The van der Waals surface area contributed by atoms with Crippen molar-refractivity contribution in [3.8, 4) is 5.75 Å². The van der Waals surface area contributed by atoms with E-state index in [0.717, 1.165) is 0 Å². The molecular weight excluding hydrogens is 278 g/mol. The summed E-state index contributed by atoms with van der Waals surface area (Å²) >= 11 is 0. The maximum atomic E-state index is 12.3. The second-order valence-corrected chi connectivity index (χ2v) is 4.37. The van der Waals surface area contributed by atoms with Crippen LogP contribution >= 0.6 is 0 Å². The van der Waals surface area contributed by atoms with E-state index in [2.05, 4.69) is 10.1 Å². The lowest BCUT2D eigenvalue weighted by atomic mass is 10.1. The molecule has 0 bridgehead atoms. The van der Waals surface area contributed by atoms with Crippen molar-refractivity contribution in [1.82, 2.24) is 0 Å². The molecule has 2 aromatic rings. The third-order valence-corrected chi connectivity index (χ3v) is 2.88. The topological polar surface area (TPSA) is 64.4 Å². The van der Waals surface area contributed by atoms with E-state index in [9.17, 15) is 13.6 Å². The molecule has 0 spiro atoms. The number of amides is 1. The molecule has 0 unspecified atom stereocenters. The zero-order valence-corrected chi connectivity index (χ0v) is 11.3. The van der Waals surface area contributed by atoms with Gasteiger partial charge in [0, 0.05) is 5.69 Å². The van der Waals surface area contributed by atoms with E-state index in [1.807, 2.05) is 0 Å². The van der Waals surface area contributed by atoms with Crippen LogP contribution in [-0.4, -0.2) is 12.5 Å². The highest BCUT2D eigenvalue weighted by Gasteiger charge is 2.16. The molecule has 0 aliphatic carbocycles. The quantitative estimate of drug-likeness (QED) is 0.848. The number of nitrogens with two attached hydrogens (primary N) is 1. The molecule has 6 heteroatoms. The highest BCUT2D eigenvalue weighted by Crippen LogP contribution is 2.27. The first-order chi connectivity index (χ1) is 9.99. The van der Waals surface area contributed by atoms with Crippen molar-refractivity contribution >= 4 is 17.3 Å². The molecule has 0 saturated carbocycles. The number of halogens is 2. The number of carbonyl (C=O) groups is 1. The van der Waals surface area contributed by atoms with Gasteiger partial charge in [-0.1, -0.05) is 24.3 Å². The van der Waals surface area contributed by atoms with Crippen molar-refractivity contribution in [2.24, 2.45) is 0 Å². The first kappa shape index (κ1) is 14.8. The highest BCUT2D eigenvalue weighted by molar-refractivity contribution is 6.09. The minimum Gasteiger partial charge on any atom is -0.433 e. The van der Waals surface area contributed by atoms with Crippen LogP contribution in [0.15, 0.2) is 42.5 Å². The van der Waals surface area contributed by atoms with Crippen LogP contribution in [0.3, 0.4) is 0 Å².